The molecule has 0 radical (unpaired) electrons. The number of anilines is 2. The number of hydrogen-bond donors (Lipinski definition) is 2. The molecule has 3 N–H and O–H groups in total. The maximum atomic E-state index is 5.61. The van der Waals surface area contributed by atoms with E-state index in [0.717, 1.165) is 19.1 Å². The lowest BCUT2D eigenvalue weighted by Crippen LogP contribution is -2.33. The topological polar surface area (TPSA) is 76.3 Å². The van der Waals surface area contributed by atoms with E-state index in [9.17, 15) is 0 Å². The first-order valence-corrected chi connectivity index (χ1v) is 6.81. The van der Waals surface area contributed by atoms with Crippen molar-refractivity contribution >= 4 is 11.8 Å². The van der Waals surface area contributed by atoms with Crippen LogP contribution in [0.25, 0.3) is 0 Å². The number of aromatic nitrogens is 2. The fourth-order valence-corrected chi connectivity index (χ4v) is 2.53. The number of ether oxygens (including phenoxy) is 1. The molecule has 1 aromatic rings. The summed E-state index contributed by atoms with van der Waals surface area (Å²) < 4.78 is 5.06. The highest BCUT2D eigenvalue weighted by atomic mass is 16.5. The monoisotopic (exact) mass is 265 g/mol. The fourth-order valence-electron chi connectivity index (χ4n) is 2.53. The maximum Gasteiger partial charge on any atom is 0.225 e. The maximum absolute atomic E-state index is 5.61. The van der Waals surface area contributed by atoms with E-state index in [0.29, 0.717) is 11.7 Å². The van der Waals surface area contributed by atoms with Crippen LogP contribution < -0.4 is 15.8 Å². The fraction of sp³-hybridized carbons (Fsp3) is 0.692. The van der Waals surface area contributed by atoms with Gasteiger partial charge in [0.1, 0.15) is 5.82 Å². The van der Waals surface area contributed by atoms with Gasteiger partial charge in [-0.15, -0.1) is 0 Å². The van der Waals surface area contributed by atoms with Gasteiger partial charge in [0, 0.05) is 25.2 Å². The zero-order valence-electron chi connectivity index (χ0n) is 11.7. The second kappa shape index (κ2) is 6.56. The largest absolute Gasteiger partial charge is 0.481 e. The molecule has 1 aliphatic carbocycles. The summed E-state index contributed by atoms with van der Waals surface area (Å²) in [5.74, 6) is 1.43. The van der Waals surface area contributed by atoms with Crippen molar-refractivity contribution in [2.24, 2.45) is 0 Å². The molecular weight excluding hydrogens is 242 g/mol. The summed E-state index contributed by atoms with van der Waals surface area (Å²) >= 11 is 0. The molecule has 0 amide bonds. The number of likely N-dealkylation sites (N-methyl/N-ethyl adjacent to an activating group) is 1. The minimum atomic E-state index is 0.228. The van der Waals surface area contributed by atoms with Crippen molar-refractivity contribution in [3.8, 4) is 5.88 Å². The Morgan fingerprint density at radius 1 is 1.42 bits per heavy atom. The summed E-state index contributed by atoms with van der Waals surface area (Å²) in [6.07, 6.45) is 5.37. The molecular formula is C13H23N5O. The Hall–Kier alpha value is -1.56. The van der Waals surface area contributed by atoms with Gasteiger partial charge in [-0.2, -0.15) is 9.97 Å². The molecule has 0 atom stereocenters. The number of nitrogens with two attached hydrogens (primary N) is 1. The van der Waals surface area contributed by atoms with Gasteiger partial charge in [0.05, 0.1) is 7.11 Å². The van der Waals surface area contributed by atoms with Gasteiger partial charge in [-0.3, -0.25) is 0 Å². The highest BCUT2D eigenvalue weighted by Crippen LogP contribution is 2.22. The van der Waals surface area contributed by atoms with Crippen LogP contribution in [0.2, 0.25) is 0 Å². The summed E-state index contributed by atoms with van der Waals surface area (Å²) in [7, 11) is 3.76. The number of methoxy groups -OCH3 is 1. The molecule has 0 aromatic carbocycles. The van der Waals surface area contributed by atoms with E-state index in [4.69, 9.17) is 10.5 Å². The lowest BCUT2D eigenvalue weighted by atomic mass is 10.2. The van der Waals surface area contributed by atoms with E-state index in [1.165, 1.54) is 25.7 Å². The van der Waals surface area contributed by atoms with Gasteiger partial charge >= 0.3 is 0 Å². The highest BCUT2D eigenvalue weighted by molar-refractivity contribution is 5.42. The van der Waals surface area contributed by atoms with Gasteiger partial charge in [0.25, 0.3) is 0 Å². The predicted octanol–water partition coefficient (Wildman–Crippen LogP) is 1.35. The number of nitrogen functional groups attached to an aromatic ring is 1. The number of nitrogens with one attached hydrogen (secondary N) is 1. The summed E-state index contributed by atoms with van der Waals surface area (Å²) in [6.45, 7) is 1.84. The Bertz CT molecular complexity index is 406. The molecule has 0 unspecified atom stereocenters. The number of rotatable bonds is 6. The molecule has 6 heteroatoms. The van der Waals surface area contributed by atoms with Gasteiger partial charge in [-0.1, -0.05) is 12.8 Å². The van der Waals surface area contributed by atoms with E-state index >= 15 is 0 Å². The van der Waals surface area contributed by atoms with Crippen LogP contribution in [0.15, 0.2) is 6.07 Å². The van der Waals surface area contributed by atoms with Crippen molar-refractivity contribution in [1.82, 2.24) is 14.9 Å². The Labute approximate surface area is 114 Å². The van der Waals surface area contributed by atoms with E-state index in [1.807, 2.05) is 0 Å². The third-order valence-electron chi connectivity index (χ3n) is 3.65. The average molecular weight is 265 g/mol. The van der Waals surface area contributed by atoms with Crippen LogP contribution in [0, 0.1) is 0 Å². The molecule has 0 bridgehead atoms. The van der Waals surface area contributed by atoms with Crippen LogP contribution in [0.1, 0.15) is 25.7 Å². The van der Waals surface area contributed by atoms with Crippen LogP contribution in [0.5, 0.6) is 5.88 Å². The Morgan fingerprint density at radius 2 is 2.16 bits per heavy atom. The van der Waals surface area contributed by atoms with Crippen LogP contribution in [-0.4, -0.2) is 48.2 Å². The molecule has 1 saturated carbocycles. The Morgan fingerprint density at radius 3 is 2.84 bits per heavy atom. The summed E-state index contributed by atoms with van der Waals surface area (Å²) in [4.78, 5) is 10.5. The first-order chi connectivity index (χ1) is 9.19. The van der Waals surface area contributed by atoms with E-state index in [2.05, 4.69) is 27.2 Å². The first kappa shape index (κ1) is 13.9. The predicted molar refractivity (Wildman–Crippen MR) is 76.4 cm³/mol. The second-order valence-corrected chi connectivity index (χ2v) is 5.00. The van der Waals surface area contributed by atoms with Gasteiger partial charge in [-0.05, 0) is 19.9 Å². The van der Waals surface area contributed by atoms with E-state index in [1.54, 1.807) is 13.2 Å². The van der Waals surface area contributed by atoms with Crippen LogP contribution in [0.4, 0.5) is 11.8 Å². The van der Waals surface area contributed by atoms with Crippen molar-refractivity contribution in [3.63, 3.8) is 0 Å². The molecule has 0 spiro atoms. The minimum absolute atomic E-state index is 0.228. The lowest BCUT2D eigenvalue weighted by molar-refractivity contribution is 0.254. The van der Waals surface area contributed by atoms with Crippen molar-refractivity contribution in [2.75, 3.05) is 38.3 Å². The molecule has 1 heterocycles. The van der Waals surface area contributed by atoms with Crippen molar-refractivity contribution in [2.45, 2.75) is 31.7 Å². The first-order valence-electron chi connectivity index (χ1n) is 6.81. The number of nitrogens with zero attached hydrogens (tertiary/aromatic N) is 3. The molecule has 1 fully saturated rings. The molecule has 6 nitrogen and oxygen atoms in total. The molecule has 2 rings (SSSR count). The van der Waals surface area contributed by atoms with Gasteiger partial charge < -0.3 is 20.7 Å². The third kappa shape index (κ3) is 3.96. The summed E-state index contributed by atoms with van der Waals surface area (Å²) in [5.41, 5.74) is 5.61. The zero-order chi connectivity index (χ0) is 13.7. The van der Waals surface area contributed by atoms with Crippen molar-refractivity contribution < 1.29 is 4.74 Å². The molecule has 0 saturated heterocycles. The van der Waals surface area contributed by atoms with Crippen LogP contribution >= 0.6 is 0 Å². The molecule has 1 aliphatic rings. The van der Waals surface area contributed by atoms with E-state index in [-0.39, 0.29) is 5.95 Å². The van der Waals surface area contributed by atoms with Crippen LogP contribution in [0.3, 0.4) is 0 Å². The van der Waals surface area contributed by atoms with Gasteiger partial charge in [0.2, 0.25) is 11.8 Å². The summed E-state index contributed by atoms with van der Waals surface area (Å²) in [6, 6.07) is 2.50. The van der Waals surface area contributed by atoms with E-state index < -0.39 is 0 Å². The van der Waals surface area contributed by atoms with Crippen molar-refractivity contribution in [1.29, 1.82) is 0 Å². The normalized spacial score (nSPS) is 15.9. The second-order valence-electron chi connectivity index (χ2n) is 5.00. The zero-order valence-corrected chi connectivity index (χ0v) is 11.7. The highest BCUT2D eigenvalue weighted by Gasteiger charge is 2.18. The Kier molecular flexibility index (Phi) is 4.79. The van der Waals surface area contributed by atoms with Crippen molar-refractivity contribution in [3.05, 3.63) is 6.07 Å². The van der Waals surface area contributed by atoms with Gasteiger partial charge in [0.15, 0.2) is 0 Å². The lowest BCUT2D eigenvalue weighted by Gasteiger charge is -2.24. The standard InChI is InChI=1S/C13H23N5O/c1-18(10-5-3-4-6-10)8-7-15-11-9-12(19-2)17-13(14)16-11/h9-10H,3-8H2,1-2H3,(H3,14,15,16,17). The quantitative estimate of drug-likeness (QED) is 0.808. The smallest absolute Gasteiger partial charge is 0.225 e. The third-order valence-corrected chi connectivity index (χ3v) is 3.65. The van der Waals surface area contributed by atoms with Crippen LogP contribution in [-0.2, 0) is 0 Å². The Balaban J connectivity index is 1.80. The number of hydrogen-bond acceptors (Lipinski definition) is 6. The SMILES string of the molecule is COc1cc(NCCN(C)C2CCCC2)nc(N)n1. The molecule has 1 aromatic heterocycles. The molecule has 0 aliphatic heterocycles. The average Bonchev–Trinajstić information content (AvgIpc) is 2.92. The minimum Gasteiger partial charge on any atom is -0.481 e. The molecule has 106 valence electrons. The summed E-state index contributed by atoms with van der Waals surface area (Å²) in [5, 5.41) is 3.26. The molecule has 19 heavy (non-hydrogen) atoms. The van der Waals surface area contributed by atoms with Gasteiger partial charge in [-0.25, -0.2) is 0 Å².